The van der Waals surface area contributed by atoms with Crippen molar-refractivity contribution in [1.82, 2.24) is 10.6 Å². The fourth-order valence-electron chi connectivity index (χ4n) is 7.31. The van der Waals surface area contributed by atoms with Gasteiger partial charge in [0.25, 0.3) is 0 Å². The van der Waals surface area contributed by atoms with Crippen LogP contribution in [0, 0.1) is 35.5 Å². The Hall–Kier alpha value is -1.25. The van der Waals surface area contributed by atoms with Crippen molar-refractivity contribution in [3.05, 3.63) is 0 Å². The first kappa shape index (κ1) is 29.3. The summed E-state index contributed by atoms with van der Waals surface area (Å²) in [6, 6.07) is 0. The number of carboxylic acids is 2. The summed E-state index contributed by atoms with van der Waals surface area (Å²) < 4.78 is 0. The fraction of sp³-hybridized carbons (Fsp3) is 0.909. The molecule has 8 atom stereocenters. The van der Waals surface area contributed by atoms with E-state index < -0.39 is 37.3 Å². The molecule has 4 rings (SSSR count). The van der Waals surface area contributed by atoms with Gasteiger partial charge in [0.15, 0.2) is 0 Å². The van der Waals surface area contributed by atoms with Gasteiger partial charge in [-0.2, -0.15) is 0 Å². The number of fused-ring (bicyclic) bond motifs is 2. The van der Waals surface area contributed by atoms with E-state index in [1.54, 1.807) is 0 Å². The number of hydrogen-bond acceptors (Lipinski definition) is 10. The highest BCUT2D eigenvalue weighted by Gasteiger charge is 2.57. The molecule has 2 aliphatic carbocycles. The van der Waals surface area contributed by atoms with Crippen molar-refractivity contribution in [1.29, 1.82) is 0 Å². The quantitative estimate of drug-likeness (QED) is 0.140. The van der Waals surface area contributed by atoms with Gasteiger partial charge in [0, 0.05) is 0 Å². The maximum absolute atomic E-state index is 11.4. The number of nitrogens with one attached hydrogen (secondary N) is 2. The minimum Gasteiger partial charge on any atom is -0.480 e. The molecule has 4 aliphatic rings. The van der Waals surface area contributed by atoms with Gasteiger partial charge in [-0.25, -0.2) is 0 Å². The molecule has 36 heavy (non-hydrogen) atoms. The average Bonchev–Trinajstić information content (AvgIpc) is 3.52. The van der Waals surface area contributed by atoms with Crippen LogP contribution in [0.15, 0.2) is 0 Å². The minimum atomic E-state index is -1.32. The van der Waals surface area contributed by atoms with Crippen LogP contribution in [-0.4, -0.2) is 93.7 Å². The first-order chi connectivity index (χ1) is 16.9. The van der Waals surface area contributed by atoms with Crippen molar-refractivity contribution in [2.24, 2.45) is 47.0 Å². The van der Waals surface area contributed by atoms with Gasteiger partial charge in [0.05, 0.1) is 0 Å². The lowest BCUT2D eigenvalue weighted by Gasteiger charge is -2.30. The van der Waals surface area contributed by atoms with Crippen LogP contribution in [0.4, 0.5) is 0 Å². The fourth-order valence-corrected chi connectivity index (χ4v) is 7.31. The van der Waals surface area contributed by atoms with Crippen molar-refractivity contribution < 1.29 is 39.9 Å². The van der Waals surface area contributed by atoms with E-state index in [0.717, 1.165) is 26.2 Å². The molecule has 0 aromatic heterocycles. The molecule has 2 heterocycles. The molecular weight excluding hydrogens is 470 g/mol. The lowest BCUT2D eigenvalue weighted by Crippen LogP contribution is -2.53. The summed E-state index contributed by atoms with van der Waals surface area (Å²) in [4.78, 5) is 22.8. The second kappa shape index (κ2) is 12.1. The van der Waals surface area contributed by atoms with Gasteiger partial charge in [-0.05, 0) is 100 Å². The van der Waals surface area contributed by atoms with Gasteiger partial charge < -0.3 is 52.4 Å². The Morgan fingerprint density at radius 1 is 0.722 bits per heavy atom. The standard InChI is InChI=1S/2C11H21BN2O4/c2*13-11(10(15)16)4-7-5-14-6-8(7)9(11)2-1-3-12(17)18/h2*7-9,14,17-18H,1-6,13H2,(H,15,16)/t2*7-,8?,9-,11-/m00/s1. The normalized spacial score (nSPS) is 38.7. The highest BCUT2D eigenvalue weighted by atomic mass is 16.4. The largest absolute Gasteiger partial charge is 0.480 e. The third-order valence-electron chi connectivity index (χ3n) is 9.09. The molecule has 0 spiro atoms. The van der Waals surface area contributed by atoms with Gasteiger partial charge in [0.1, 0.15) is 11.1 Å². The van der Waals surface area contributed by atoms with E-state index >= 15 is 0 Å². The van der Waals surface area contributed by atoms with Crippen molar-refractivity contribution in [3.63, 3.8) is 0 Å². The number of carbonyl (C=O) groups is 2. The predicted octanol–water partition coefficient (Wildman–Crippen LogP) is -2.25. The highest BCUT2D eigenvalue weighted by molar-refractivity contribution is 6.41. The van der Waals surface area contributed by atoms with Crippen LogP contribution < -0.4 is 22.1 Å². The molecule has 0 radical (unpaired) electrons. The molecule has 0 bridgehead atoms. The van der Waals surface area contributed by atoms with Gasteiger partial charge in [0.2, 0.25) is 0 Å². The Morgan fingerprint density at radius 2 is 1.08 bits per heavy atom. The van der Waals surface area contributed by atoms with Crippen molar-refractivity contribution in [3.8, 4) is 0 Å². The van der Waals surface area contributed by atoms with Gasteiger partial charge >= 0.3 is 26.2 Å². The summed E-state index contributed by atoms with van der Waals surface area (Å²) in [5.74, 6) is -0.699. The van der Waals surface area contributed by atoms with E-state index in [0.29, 0.717) is 62.2 Å². The SMILES string of the molecule is N[C@@]1(C(=O)O)C[C@H]2CNCC2[C@@H]1CCCB(O)O.N[C@@]1(C(=O)O)C[C@H]2CNCC2[C@@H]1CCCB(O)O. The third-order valence-corrected chi connectivity index (χ3v) is 9.09. The molecule has 12 nitrogen and oxygen atoms in total. The molecule has 0 aromatic rings. The maximum atomic E-state index is 11.4. The lowest BCUT2D eigenvalue weighted by atomic mass is 9.76. The van der Waals surface area contributed by atoms with Crippen molar-refractivity contribution in [2.75, 3.05) is 26.2 Å². The second-order valence-electron chi connectivity index (χ2n) is 11.3. The van der Waals surface area contributed by atoms with Crippen LogP contribution in [0.3, 0.4) is 0 Å². The van der Waals surface area contributed by atoms with Gasteiger partial charge in [-0.15, -0.1) is 0 Å². The van der Waals surface area contributed by atoms with Crippen LogP contribution in [0.2, 0.25) is 12.6 Å². The first-order valence-corrected chi connectivity index (χ1v) is 13.1. The zero-order valence-electron chi connectivity index (χ0n) is 20.8. The number of nitrogens with two attached hydrogens (primary N) is 2. The number of rotatable bonds is 10. The van der Waals surface area contributed by atoms with E-state index in [1.165, 1.54) is 0 Å². The van der Waals surface area contributed by atoms with E-state index in [4.69, 9.17) is 31.6 Å². The molecule has 0 amide bonds. The molecule has 12 N–H and O–H groups in total. The smallest absolute Gasteiger partial charge is 0.451 e. The Balaban J connectivity index is 0.000000201. The van der Waals surface area contributed by atoms with Gasteiger partial charge in [-0.3, -0.25) is 9.59 Å². The zero-order valence-corrected chi connectivity index (χ0v) is 20.8. The minimum absolute atomic E-state index is 0.0752. The van der Waals surface area contributed by atoms with Crippen LogP contribution in [0.1, 0.15) is 38.5 Å². The monoisotopic (exact) mass is 512 g/mol. The topological polar surface area (TPSA) is 232 Å². The molecular formula is C22H42B2N4O8. The molecule has 2 saturated carbocycles. The second-order valence-corrected chi connectivity index (χ2v) is 11.3. The van der Waals surface area contributed by atoms with E-state index in [-0.39, 0.29) is 24.5 Å². The van der Waals surface area contributed by atoms with E-state index in [1.807, 2.05) is 0 Å². The van der Waals surface area contributed by atoms with Crippen LogP contribution >= 0.6 is 0 Å². The Labute approximate surface area is 212 Å². The summed E-state index contributed by atoms with van der Waals surface area (Å²) in [6.45, 7) is 3.33. The summed E-state index contributed by atoms with van der Waals surface area (Å²) in [5, 5.41) is 60.7. The van der Waals surface area contributed by atoms with Gasteiger partial charge in [-0.1, -0.05) is 12.8 Å². The Morgan fingerprint density at radius 3 is 1.39 bits per heavy atom. The zero-order chi connectivity index (χ0) is 26.7. The lowest BCUT2D eigenvalue weighted by molar-refractivity contribution is -0.146. The Kier molecular flexibility index (Phi) is 9.83. The molecule has 0 aromatic carbocycles. The molecule has 2 aliphatic heterocycles. The van der Waals surface area contributed by atoms with Crippen molar-refractivity contribution >= 4 is 26.2 Å². The van der Waals surface area contributed by atoms with Crippen LogP contribution in [0.5, 0.6) is 0 Å². The predicted molar refractivity (Wildman–Crippen MR) is 133 cm³/mol. The third kappa shape index (κ3) is 6.24. The van der Waals surface area contributed by atoms with E-state index in [9.17, 15) is 19.8 Å². The van der Waals surface area contributed by atoms with Crippen LogP contribution in [0.25, 0.3) is 0 Å². The number of carboxylic acid groups (broad SMARTS) is 2. The number of hydrogen-bond donors (Lipinski definition) is 10. The summed E-state index contributed by atoms with van der Waals surface area (Å²) >= 11 is 0. The van der Waals surface area contributed by atoms with E-state index in [2.05, 4.69) is 10.6 Å². The summed E-state index contributed by atoms with van der Waals surface area (Å²) in [7, 11) is -2.64. The first-order valence-electron chi connectivity index (χ1n) is 13.1. The molecule has 2 unspecified atom stereocenters. The Bertz CT molecular complexity index is 718. The molecule has 14 heteroatoms. The molecule has 4 fully saturated rings. The molecule has 2 saturated heterocycles. The number of aliphatic carboxylic acids is 2. The molecule has 204 valence electrons. The maximum Gasteiger partial charge on any atom is 0.451 e. The summed E-state index contributed by atoms with van der Waals surface area (Å²) in [6.07, 6.45) is 4.06. The highest BCUT2D eigenvalue weighted by Crippen LogP contribution is 2.48. The van der Waals surface area contributed by atoms with Crippen molar-refractivity contribution in [2.45, 2.75) is 62.2 Å². The summed E-state index contributed by atoms with van der Waals surface area (Å²) in [5.41, 5.74) is 9.92. The average molecular weight is 512 g/mol. The van der Waals surface area contributed by atoms with Crippen LogP contribution in [-0.2, 0) is 9.59 Å².